The van der Waals surface area contributed by atoms with Crippen LogP contribution in [0.1, 0.15) is 51.9 Å². The van der Waals surface area contributed by atoms with Crippen LogP contribution in [-0.4, -0.2) is 38.3 Å². The Hall–Kier alpha value is -0.610. The summed E-state index contributed by atoms with van der Waals surface area (Å²) < 4.78 is 5.36. The van der Waals surface area contributed by atoms with Crippen molar-refractivity contribution in [1.82, 2.24) is 10.6 Å². The topological polar surface area (TPSA) is 50.4 Å². The summed E-state index contributed by atoms with van der Waals surface area (Å²) in [4.78, 5) is 11.6. The molecule has 0 bridgehead atoms. The van der Waals surface area contributed by atoms with Gasteiger partial charge in [0.1, 0.15) is 0 Å². The van der Waals surface area contributed by atoms with Gasteiger partial charge < -0.3 is 15.4 Å². The van der Waals surface area contributed by atoms with Gasteiger partial charge in [0.05, 0.1) is 0 Å². The van der Waals surface area contributed by atoms with Crippen molar-refractivity contribution < 1.29 is 9.53 Å². The Morgan fingerprint density at radius 3 is 3.00 bits per heavy atom. The highest BCUT2D eigenvalue weighted by atomic mass is 16.5. The van der Waals surface area contributed by atoms with Gasteiger partial charge in [-0.2, -0.15) is 0 Å². The predicted octanol–water partition coefficient (Wildman–Crippen LogP) is 1.84. The second kappa shape index (κ2) is 10.3. The summed E-state index contributed by atoms with van der Waals surface area (Å²) >= 11 is 0. The smallest absolute Gasteiger partial charge is 0.220 e. The summed E-state index contributed by atoms with van der Waals surface area (Å²) in [7, 11) is 0. The van der Waals surface area contributed by atoms with Gasteiger partial charge in [0.25, 0.3) is 0 Å². The van der Waals surface area contributed by atoms with E-state index in [2.05, 4.69) is 17.6 Å². The number of carbonyl (C=O) groups excluding carboxylic acids is 1. The van der Waals surface area contributed by atoms with Crippen molar-refractivity contribution in [3.63, 3.8) is 0 Å². The molecule has 4 nitrogen and oxygen atoms in total. The van der Waals surface area contributed by atoms with E-state index < -0.39 is 0 Å². The summed E-state index contributed by atoms with van der Waals surface area (Å²) in [5.74, 6) is 0.179. The van der Waals surface area contributed by atoms with Crippen LogP contribution in [0.5, 0.6) is 0 Å². The minimum absolute atomic E-state index is 0.179. The normalized spacial score (nSPS) is 19.7. The van der Waals surface area contributed by atoms with Crippen molar-refractivity contribution in [2.45, 2.75) is 57.9 Å². The Morgan fingerprint density at radius 1 is 1.39 bits per heavy atom. The molecule has 1 heterocycles. The van der Waals surface area contributed by atoms with E-state index in [4.69, 9.17) is 4.74 Å². The number of amides is 1. The third-order valence-electron chi connectivity index (χ3n) is 3.27. The molecule has 1 atom stereocenters. The zero-order valence-electron chi connectivity index (χ0n) is 11.7. The van der Waals surface area contributed by atoms with Gasteiger partial charge in [-0.05, 0) is 38.6 Å². The van der Waals surface area contributed by atoms with E-state index >= 15 is 0 Å². The maximum Gasteiger partial charge on any atom is 0.220 e. The second-order valence-corrected chi connectivity index (χ2v) is 5.00. The number of ether oxygens (including phenoxy) is 1. The molecule has 18 heavy (non-hydrogen) atoms. The van der Waals surface area contributed by atoms with Gasteiger partial charge in [-0.15, -0.1) is 0 Å². The molecule has 0 aromatic carbocycles. The fourth-order valence-electron chi connectivity index (χ4n) is 2.21. The first-order valence-electron chi connectivity index (χ1n) is 7.40. The molecule has 1 rings (SSSR count). The van der Waals surface area contributed by atoms with Gasteiger partial charge in [-0.25, -0.2) is 0 Å². The average molecular weight is 256 g/mol. The third kappa shape index (κ3) is 7.67. The standard InChI is InChI=1S/C14H28N2O2/c1-2-11-18-12-5-10-16-14(17)8-7-13-6-3-4-9-15-13/h13,15H,2-12H2,1H3,(H,16,17). The van der Waals surface area contributed by atoms with E-state index in [-0.39, 0.29) is 5.91 Å². The molecule has 1 unspecified atom stereocenters. The monoisotopic (exact) mass is 256 g/mol. The quantitative estimate of drug-likeness (QED) is 0.619. The van der Waals surface area contributed by atoms with Crippen molar-refractivity contribution in [3.05, 3.63) is 0 Å². The van der Waals surface area contributed by atoms with Crippen LogP contribution in [-0.2, 0) is 9.53 Å². The van der Waals surface area contributed by atoms with E-state index in [1.54, 1.807) is 0 Å². The predicted molar refractivity (Wildman–Crippen MR) is 73.6 cm³/mol. The van der Waals surface area contributed by atoms with Crippen LogP contribution >= 0.6 is 0 Å². The van der Waals surface area contributed by atoms with E-state index in [0.717, 1.165) is 45.6 Å². The lowest BCUT2D eigenvalue weighted by Gasteiger charge is -2.23. The van der Waals surface area contributed by atoms with Gasteiger partial charge in [0.2, 0.25) is 5.91 Å². The first kappa shape index (κ1) is 15.4. The number of hydrogen-bond donors (Lipinski definition) is 2. The van der Waals surface area contributed by atoms with Crippen LogP contribution in [0.3, 0.4) is 0 Å². The van der Waals surface area contributed by atoms with Crippen molar-refractivity contribution in [3.8, 4) is 0 Å². The SMILES string of the molecule is CCCOCCCNC(=O)CCC1CCCCN1. The number of rotatable bonds is 9. The van der Waals surface area contributed by atoms with Crippen molar-refractivity contribution >= 4 is 5.91 Å². The highest BCUT2D eigenvalue weighted by Crippen LogP contribution is 2.11. The van der Waals surface area contributed by atoms with Crippen LogP contribution in [0.25, 0.3) is 0 Å². The fraction of sp³-hybridized carbons (Fsp3) is 0.929. The molecule has 2 N–H and O–H groups in total. The lowest BCUT2D eigenvalue weighted by Crippen LogP contribution is -2.35. The molecular formula is C14H28N2O2. The molecule has 1 aliphatic heterocycles. The van der Waals surface area contributed by atoms with Crippen molar-refractivity contribution in [2.75, 3.05) is 26.3 Å². The average Bonchev–Trinajstić information content (AvgIpc) is 2.41. The number of hydrogen-bond acceptors (Lipinski definition) is 3. The highest BCUT2D eigenvalue weighted by Gasteiger charge is 2.13. The minimum Gasteiger partial charge on any atom is -0.381 e. The van der Waals surface area contributed by atoms with Crippen molar-refractivity contribution in [1.29, 1.82) is 0 Å². The lowest BCUT2D eigenvalue weighted by molar-refractivity contribution is -0.121. The molecule has 0 aromatic rings. The molecular weight excluding hydrogens is 228 g/mol. The largest absolute Gasteiger partial charge is 0.381 e. The van der Waals surface area contributed by atoms with Gasteiger partial charge in [-0.1, -0.05) is 13.3 Å². The molecule has 1 fully saturated rings. The van der Waals surface area contributed by atoms with Gasteiger partial charge in [0.15, 0.2) is 0 Å². The molecule has 0 radical (unpaired) electrons. The summed E-state index contributed by atoms with van der Waals surface area (Å²) in [6, 6.07) is 0.553. The summed E-state index contributed by atoms with van der Waals surface area (Å²) in [6.07, 6.45) is 7.38. The number of nitrogens with one attached hydrogen (secondary N) is 2. The van der Waals surface area contributed by atoms with E-state index in [1.165, 1.54) is 19.3 Å². The molecule has 0 saturated carbocycles. The lowest BCUT2D eigenvalue weighted by atomic mass is 10.0. The zero-order valence-corrected chi connectivity index (χ0v) is 11.7. The van der Waals surface area contributed by atoms with Crippen LogP contribution in [0.2, 0.25) is 0 Å². The minimum atomic E-state index is 0.179. The molecule has 0 aliphatic carbocycles. The van der Waals surface area contributed by atoms with Gasteiger partial charge >= 0.3 is 0 Å². The Balaban J connectivity index is 1.90. The van der Waals surface area contributed by atoms with E-state index in [9.17, 15) is 4.79 Å². The Kier molecular flexibility index (Phi) is 8.86. The molecule has 1 amide bonds. The van der Waals surface area contributed by atoms with Gasteiger partial charge in [-0.3, -0.25) is 4.79 Å². The second-order valence-electron chi connectivity index (χ2n) is 5.00. The Labute approximate surface area is 111 Å². The molecule has 1 aliphatic rings. The highest BCUT2D eigenvalue weighted by molar-refractivity contribution is 5.75. The van der Waals surface area contributed by atoms with Crippen LogP contribution in [0, 0.1) is 0 Å². The van der Waals surface area contributed by atoms with E-state index in [1.807, 2.05) is 0 Å². The van der Waals surface area contributed by atoms with Crippen LogP contribution < -0.4 is 10.6 Å². The van der Waals surface area contributed by atoms with Crippen LogP contribution in [0.4, 0.5) is 0 Å². The number of piperidine rings is 1. The van der Waals surface area contributed by atoms with E-state index in [0.29, 0.717) is 12.5 Å². The Bertz CT molecular complexity index is 216. The zero-order chi connectivity index (χ0) is 13.1. The summed E-state index contributed by atoms with van der Waals surface area (Å²) in [5, 5.41) is 6.42. The molecule has 0 aromatic heterocycles. The molecule has 0 spiro atoms. The molecule has 1 saturated heterocycles. The molecule has 106 valence electrons. The fourth-order valence-corrected chi connectivity index (χ4v) is 2.21. The summed E-state index contributed by atoms with van der Waals surface area (Å²) in [6.45, 7) is 5.52. The first-order chi connectivity index (χ1) is 8.83. The number of carbonyl (C=O) groups is 1. The molecule has 4 heteroatoms. The first-order valence-corrected chi connectivity index (χ1v) is 7.40. The maximum absolute atomic E-state index is 11.6. The van der Waals surface area contributed by atoms with Gasteiger partial charge in [0, 0.05) is 32.2 Å². The Morgan fingerprint density at radius 2 is 2.28 bits per heavy atom. The maximum atomic E-state index is 11.6. The summed E-state index contributed by atoms with van der Waals surface area (Å²) in [5.41, 5.74) is 0. The van der Waals surface area contributed by atoms with Crippen molar-refractivity contribution in [2.24, 2.45) is 0 Å². The third-order valence-corrected chi connectivity index (χ3v) is 3.27. The van der Waals surface area contributed by atoms with Crippen LogP contribution in [0.15, 0.2) is 0 Å².